The second-order valence-electron chi connectivity index (χ2n) is 10.4. The summed E-state index contributed by atoms with van der Waals surface area (Å²) in [5, 5.41) is 6.71. The number of amides is 2. The van der Waals surface area contributed by atoms with Crippen molar-refractivity contribution in [1.29, 1.82) is 0 Å². The van der Waals surface area contributed by atoms with E-state index in [0.717, 1.165) is 58.2 Å². The highest BCUT2D eigenvalue weighted by molar-refractivity contribution is 5.88. The molecule has 0 atom stereocenters. The average molecular weight is 519 g/mol. The number of carbonyl (C=O) groups is 2. The predicted octanol–water partition coefficient (Wildman–Crippen LogP) is 4.56. The molecule has 3 aliphatic heterocycles. The third kappa shape index (κ3) is 5.46. The first-order valence-electron chi connectivity index (χ1n) is 13.0. The summed E-state index contributed by atoms with van der Waals surface area (Å²) >= 11 is 0. The molecule has 0 unspecified atom stereocenters. The van der Waals surface area contributed by atoms with Crippen LogP contribution in [0.5, 0.6) is 0 Å². The highest BCUT2D eigenvalue weighted by Gasteiger charge is 2.44. The molecule has 11 heteroatoms. The van der Waals surface area contributed by atoms with Gasteiger partial charge in [0.25, 0.3) is 0 Å². The van der Waals surface area contributed by atoms with Crippen molar-refractivity contribution in [2.24, 2.45) is 0 Å². The lowest BCUT2D eigenvalue weighted by Crippen LogP contribution is -2.53. The first-order chi connectivity index (χ1) is 17.6. The fraction of sp³-hybridized carbons (Fsp3) is 0.577. The van der Waals surface area contributed by atoms with Gasteiger partial charge >= 0.3 is 12.2 Å². The van der Waals surface area contributed by atoms with Crippen LogP contribution in [0.4, 0.5) is 29.5 Å². The van der Waals surface area contributed by atoms with E-state index in [2.05, 4.69) is 20.2 Å². The van der Waals surface area contributed by atoms with Gasteiger partial charge in [-0.15, -0.1) is 5.10 Å². The molecule has 0 aliphatic carbocycles. The first-order valence-corrected chi connectivity index (χ1v) is 13.0. The highest BCUT2D eigenvalue weighted by atomic mass is 19.4. The van der Waals surface area contributed by atoms with Gasteiger partial charge in [-0.2, -0.15) is 17.9 Å². The summed E-state index contributed by atoms with van der Waals surface area (Å²) in [5.41, 5.74) is 0.649. The second-order valence-corrected chi connectivity index (χ2v) is 10.4. The molecule has 3 fully saturated rings. The van der Waals surface area contributed by atoms with Crippen molar-refractivity contribution in [2.75, 3.05) is 42.9 Å². The monoisotopic (exact) mass is 518 g/mol. The largest absolute Gasteiger partial charge is 0.416 e. The van der Waals surface area contributed by atoms with E-state index >= 15 is 0 Å². The van der Waals surface area contributed by atoms with E-state index in [0.29, 0.717) is 36.7 Å². The Morgan fingerprint density at radius 3 is 2.41 bits per heavy atom. The Balaban J connectivity index is 1.28. The molecule has 200 valence electrons. The Kier molecular flexibility index (Phi) is 6.91. The Morgan fingerprint density at radius 1 is 1.00 bits per heavy atom. The third-order valence-electron chi connectivity index (χ3n) is 7.94. The number of anilines is 2. The van der Waals surface area contributed by atoms with Crippen LogP contribution >= 0.6 is 0 Å². The number of aromatic nitrogens is 2. The number of nitrogens with one attached hydrogen (secondary N) is 1. The van der Waals surface area contributed by atoms with Gasteiger partial charge in [0.15, 0.2) is 5.82 Å². The SMILES string of the molecule is CC(=O)Nc1ccn(C(=O)N2CCC3(CCCN3Cc3cc(N4CCCC4)cc(C(F)(F)F)c3)CC2)n1. The molecule has 3 saturated heterocycles. The maximum Gasteiger partial charge on any atom is 0.416 e. The standard InChI is InChI=1S/C26H33F3N6O2/c1-19(36)30-23-5-12-35(31-23)24(37)33-13-7-25(8-14-33)6-4-11-34(25)18-20-15-21(26(27,28)29)17-22(16-20)32-9-2-3-10-32/h5,12,15-17H,2-4,6-11,13-14,18H2,1H3,(H,30,31,36). The zero-order chi connectivity index (χ0) is 26.2. The summed E-state index contributed by atoms with van der Waals surface area (Å²) in [7, 11) is 0. The van der Waals surface area contributed by atoms with Crippen molar-refractivity contribution < 1.29 is 22.8 Å². The minimum absolute atomic E-state index is 0.121. The van der Waals surface area contributed by atoms with Gasteiger partial charge in [0.1, 0.15) is 0 Å². The predicted molar refractivity (Wildman–Crippen MR) is 133 cm³/mol. The zero-order valence-corrected chi connectivity index (χ0v) is 21.1. The van der Waals surface area contributed by atoms with Gasteiger partial charge in [0.2, 0.25) is 5.91 Å². The molecular formula is C26H33F3N6O2. The maximum absolute atomic E-state index is 13.7. The van der Waals surface area contributed by atoms with Crippen LogP contribution in [0.3, 0.4) is 0 Å². The van der Waals surface area contributed by atoms with Crippen LogP contribution in [0.15, 0.2) is 30.5 Å². The van der Waals surface area contributed by atoms with Crippen LogP contribution in [0.25, 0.3) is 0 Å². The van der Waals surface area contributed by atoms with Gasteiger partial charge in [0.05, 0.1) is 5.56 Å². The van der Waals surface area contributed by atoms with Gasteiger partial charge in [-0.25, -0.2) is 4.79 Å². The summed E-state index contributed by atoms with van der Waals surface area (Å²) in [5.74, 6) is 0.0675. The molecule has 5 rings (SSSR count). The van der Waals surface area contributed by atoms with E-state index in [-0.39, 0.29) is 17.5 Å². The molecular weight excluding hydrogens is 485 g/mol. The molecule has 1 spiro atoms. The number of hydrogen-bond donors (Lipinski definition) is 1. The van der Waals surface area contributed by atoms with Crippen molar-refractivity contribution in [1.82, 2.24) is 19.6 Å². The third-order valence-corrected chi connectivity index (χ3v) is 7.94. The lowest BCUT2D eigenvalue weighted by atomic mass is 9.84. The summed E-state index contributed by atoms with van der Waals surface area (Å²) in [6.45, 7) is 5.37. The van der Waals surface area contributed by atoms with Crippen molar-refractivity contribution in [3.63, 3.8) is 0 Å². The summed E-state index contributed by atoms with van der Waals surface area (Å²) < 4.78 is 42.4. The van der Waals surface area contributed by atoms with Gasteiger partial charge in [0, 0.05) is 63.1 Å². The fourth-order valence-electron chi connectivity index (χ4n) is 6.05. The van der Waals surface area contributed by atoms with Crippen LogP contribution < -0.4 is 10.2 Å². The lowest BCUT2D eigenvalue weighted by Gasteiger charge is -2.45. The van der Waals surface area contributed by atoms with E-state index in [1.54, 1.807) is 11.0 Å². The van der Waals surface area contributed by atoms with Crippen molar-refractivity contribution >= 4 is 23.4 Å². The molecule has 0 radical (unpaired) electrons. The molecule has 3 aliphatic rings. The zero-order valence-electron chi connectivity index (χ0n) is 21.1. The lowest BCUT2D eigenvalue weighted by molar-refractivity contribution is -0.137. The molecule has 0 bridgehead atoms. The van der Waals surface area contributed by atoms with Gasteiger partial charge in [-0.1, -0.05) is 0 Å². The summed E-state index contributed by atoms with van der Waals surface area (Å²) in [6, 6.07) is 5.84. The number of alkyl halides is 3. The highest BCUT2D eigenvalue weighted by Crippen LogP contribution is 2.41. The molecule has 1 aromatic heterocycles. The number of carbonyl (C=O) groups excluding carboxylic acids is 2. The van der Waals surface area contributed by atoms with Crippen LogP contribution in [0, 0.1) is 0 Å². The van der Waals surface area contributed by atoms with Crippen molar-refractivity contribution in [3.05, 3.63) is 41.6 Å². The first kappa shape index (κ1) is 25.6. The number of nitrogens with zero attached hydrogens (tertiary/aromatic N) is 5. The van der Waals surface area contributed by atoms with Crippen molar-refractivity contribution in [2.45, 2.75) is 63.7 Å². The number of piperidine rings is 1. The van der Waals surface area contributed by atoms with E-state index in [1.165, 1.54) is 29.9 Å². The summed E-state index contributed by atoms with van der Waals surface area (Å²) in [4.78, 5) is 30.3. The Hall–Kier alpha value is -3.08. The Labute approximate surface area is 214 Å². The summed E-state index contributed by atoms with van der Waals surface area (Å²) in [6.07, 6.45) is 2.64. The van der Waals surface area contributed by atoms with Crippen LogP contribution in [0.1, 0.15) is 56.6 Å². The van der Waals surface area contributed by atoms with E-state index in [1.807, 2.05) is 6.07 Å². The second kappa shape index (κ2) is 10.00. The molecule has 4 heterocycles. The number of benzene rings is 1. The normalized spacial score (nSPS) is 20.1. The number of rotatable bonds is 4. The minimum atomic E-state index is -4.38. The van der Waals surface area contributed by atoms with Crippen molar-refractivity contribution in [3.8, 4) is 0 Å². The average Bonchev–Trinajstić information content (AvgIpc) is 3.61. The molecule has 0 saturated carbocycles. The van der Waals surface area contributed by atoms with E-state index in [9.17, 15) is 22.8 Å². The van der Waals surface area contributed by atoms with Crippen LogP contribution in [-0.4, -0.2) is 69.8 Å². The molecule has 2 aromatic rings. The molecule has 37 heavy (non-hydrogen) atoms. The van der Waals surface area contributed by atoms with Crippen LogP contribution in [-0.2, 0) is 17.5 Å². The maximum atomic E-state index is 13.7. The minimum Gasteiger partial charge on any atom is -0.372 e. The Bertz CT molecular complexity index is 1150. The van der Waals surface area contributed by atoms with E-state index in [4.69, 9.17) is 0 Å². The fourth-order valence-corrected chi connectivity index (χ4v) is 6.05. The molecule has 1 aromatic carbocycles. The number of likely N-dealkylation sites (tertiary alicyclic amines) is 2. The van der Waals surface area contributed by atoms with Gasteiger partial charge < -0.3 is 15.1 Å². The quantitative estimate of drug-likeness (QED) is 0.643. The van der Waals surface area contributed by atoms with Crippen LogP contribution in [0.2, 0.25) is 0 Å². The van der Waals surface area contributed by atoms with Gasteiger partial charge in [-0.3, -0.25) is 9.69 Å². The van der Waals surface area contributed by atoms with E-state index < -0.39 is 11.7 Å². The molecule has 1 N–H and O–H groups in total. The molecule has 2 amide bonds. The Morgan fingerprint density at radius 2 is 1.73 bits per heavy atom. The molecule has 8 nitrogen and oxygen atoms in total. The van der Waals surface area contributed by atoms with Gasteiger partial charge in [-0.05, 0) is 68.8 Å². The topological polar surface area (TPSA) is 73.7 Å². The number of hydrogen-bond acceptors (Lipinski definition) is 5. The number of halogens is 3. The smallest absolute Gasteiger partial charge is 0.372 e.